The minimum atomic E-state index is -0.327. The average molecular weight is 492 g/mol. The number of aliphatic hydroxyl groups is 1. The molecular weight excluding hydrogens is 462 g/mol. The molecule has 0 spiro atoms. The van der Waals surface area contributed by atoms with Gasteiger partial charge in [-0.25, -0.2) is 4.98 Å². The first-order valence-corrected chi connectivity index (χ1v) is 13.2. The van der Waals surface area contributed by atoms with E-state index in [0.29, 0.717) is 48.3 Å². The fourth-order valence-electron chi connectivity index (χ4n) is 5.30. The van der Waals surface area contributed by atoms with Gasteiger partial charge in [0.2, 0.25) is 5.43 Å². The number of para-hydroxylation sites is 1. The summed E-state index contributed by atoms with van der Waals surface area (Å²) < 4.78 is 2.96. The molecule has 6 rings (SSSR count). The van der Waals surface area contributed by atoms with Crippen molar-refractivity contribution in [3.05, 3.63) is 52.3 Å². The second kappa shape index (κ2) is 9.22. The smallest absolute Gasteiger partial charge is 0.258 e. The second-order valence-electron chi connectivity index (χ2n) is 9.50. The van der Waals surface area contributed by atoms with Crippen molar-refractivity contribution in [2.75, 3.05) is 44.2 Å². The zero-order valence-electron chi connectivity index (χ0n) is 19.6. The molecule has 1 amide bonds. The number of anilines is 1. The first-order chi connectivity index (χ1) is 17.1. The molecule has 0 unspecified atom stereocenters. The van der Waals surface area contributed by atoms with Gasteiger partial charge in [0, 0.05) is 26.2 Å². The van der Waals surface area contributed by atoms with Gasteiger partial charge in [-0.1, -0.05) is 12.1 Å². The lowest BCUT2D eigenvalue weighted by molar-refractivity contribution is 0.0950. The van der Waals surface area contributed by atoms with Crippen LogP contribution in [0.3, 0.4) is 0 Å². The molecule has 2 fully saturated rings. The number of likely N-dealkylation sites (tertiary alicyclic amines) is 1. The predicted molar refractivity (Wildman–Crippen MR) is 140 cm³/mol. The van der Waals surface area contributed by atoms with Crippen LogP contribution in [0, 0.1) is 0 Å². The number of carbonyl (C=O) groups excluding carboxylic acids is 1. The summed E-state index contributed by atoms with van der Waals surface area (Å²) >= 11 is 1.45. The SMILES string of the molecule is O=C(NCCN1CCCC1)c1c(=O)c2cc(N3CCC(O)CC3)cnc2n2c1sc1ccccc12. The summed E-state index contributed by atoms with van der Waals surface area (Å²) in [6, 6.07) is 9.79. The molecule has 0 saturated carbocycles. The Morgan fingerprint density at radius 2 is 1.91 bits per heavy atom. The Labute approximate surface area is 206 Å². The van der Waals surface area contributed by atoms with E-state index in [2.05, 4.69) is 15.1 Å². The van der Waals surface area contributed by atoms with Gasteiger partial charge in [-0.05, 0) is 57.0 Å². The summed E-state index contributed by atoms with van der Waals surface area (Å²) in [4.78, 5) is 37.0. The number of hydrogen-bond acceptors (Lipinski definition) is 7. The van der Waals surface area contributed by atoms with E-state index in [1.165, 1.54) is 24.2 Å². The number of rotatable bonds is 5. The first kappa shape index (κ1) is 22.5. The number of hydrogen-bond donors (Lipinski definition) is 2. The zero-order valence-corrected chi connectivity index (χ0v) is 20.4. The monoisotopic (exact) mass is 491 g/mol. The Kier molecular flexibility index (Phi) is 5.91. The molecule has 9 heteroatoms. The first-order valence-electron chi connectivity index (χ1n) is 12.4. The predicted octanol–water partition coefficient (Wildman–Crippen LogP) is 2.85. The number of carbonyl (C=O) groups is 1. The number of fused-ring (bicyclic) bond motifs is 5. The van der Waals surface area contributed by atoms with Crippen LogP contribution in [0.5, 0.6) is 0 Å². The maximum atomic E-state index is 13.8. The highest BCUT2D eigenvalue weighted by Crippen LogP contribution is 2.31. The molecule has 3 aromatic heterocycles. The van der Waals surface area contributed by atoms with Crippen LogP contribution in [0.2, 0.25) is 0 Å². The minimum absolute atomic E-state index is 0.188. The van der Waals surface area contributed by atoms with Crippen molar-refractivity contribution >= 4 is 49.0 Å². The highest BCUT2D eigenvalue weighted by molar-refractivity contribution is 7.24. The van der Waals surface area contributed by atoms with Gasteiger partial charge in [-0.15, -0.1) is 11.3 Å². The van der Waals surface area contributed by atoms with Crippen LogP contribution in [-0.4, -0.2) is 70.7 Å². The number of thiazole rings is 1. The molecule has 1 aromatic carbocycles. The molecule has 2 saturated heterocycles. The normalized spacial score (nSPS) is 17.7. The summed E-state index contributed by atoms with van der Waals surface area (Å²) in [6.45, 7) is 4.87. The molecule has 35 heavy (non-hydrogen) atoms. The molecule has 8 nitrogen and oxygen atoms in total. The van der Waals surface area contributed by atoms with Crippen LogP contribution in [0.15, 0.2) is 41.3 Å². The minimum Gasteiger partial charge on any atom is -0.393 e. The van der Waals surface area contributed by atoms with Gasteiger partial charge in [-0.3, -0.25) is 14.0 Å². The molecule has 0 aliphatic carbocycles. The zero-order chi connectivity index (χ0) is 23.9. The largest absolute Gasteiger partial charge is 0.393 e. The van der Waals surface area contributed by atoms with Crippen LogP contribution in [0.1, 0.15) is 36.0 Å². The summed E-state index contributed by atoms with van der Waals surface area (Å²) in [7, 11) is 0. The lowest BCUT2D eigenvalue weighted by atomic mass is 10.1. The third-order valence-corrected chi connectivity index (χ3v) is 8.38. The van der Waals surface area contributed by atoms with Crippen molar-refractivity contribution in [3.8, 4) is 0 Å². The Hall–Kier alpha value is -3.01. The summed E-state index contributed by atoms with van der Waals surface area (Å²) in [5, 5.41) is 13.3. The fourth-order valence-corrected chi connectivity index (χ4v) is 6.49. The van der Waals surface area contributed by atoms with Crippen LogP contribution in [0.4, 0.5) is 5.69 Å². The van der Waals surface area contributed by atoms with Crippen LogP contribution < -0.4 is 15.6 Å². The van der Waals surface area contributed by atoms with Gasteiger partial charge in [0.25, 0.3) is 5.91 Å². The molecule has 0 radical (unpaired) electrons. The van der Waals surface area contributed by atoms with E-state index in [0.717, 1.165) is 35.5 Å². The van der Waals surface area contributed by atoms with Gasteiger partial charge in [0.15, 0.2) is 0 Å². The maximum Gasteiger partial charge on any atom is 0.258 e. The molecule has 5 heterocycles. The van der Waals surface area contributed by atoms with Crippen molar-refractivity contribution in [1.29, 1.82) is 0 Å². The van der Waals surface area contributed by atoms with Crippen LogP contribution >= 0.6 is 11.3 Å². The summed E-state index contributed by atoms with van der Waals surface area (Å²) in [6.07, 6.45) is 5.30. The van der Waals surface area contributed by atoms with E-state index >= 15 is 0 Å². The highest BCUT2D eigenvalue weighted by atomic mass is 32.1. The third kappa shape index (κ3) is 4.07. The Morgan fingerprint density at radius 1 is 1.14 bits per heavy atom. The quantitative estimate of drug-likeness (QED) is 0.446. The lowest BCUT2D eigenvalue weighted by Gasteiger charge is -2.31. The topological polar surface area (TPSA) is 90.2 Å². The van der Waals surface area contributed by atoms with Gasteiger partial charge < -0.3 is 20.2 Å². The van der Waals surface area contributed by atoms with Crippen molar-refractivity contribution < 1.29 is 9.90 Å². The number of aliphatic hydroxyl groups excluding tert-OH is 1. The van der Waals surface area contributed by atoms with E-state index in [-0.39, 0.29) is 23.0 Å². The standard InChI is InChI=1S/C26H29N5O3S/c32-18-7-12-30(13-8-18)17-15-19-23(33)22(25(34)27-9-14-29-10-3-4-11-29)26-31(24(19)28-16-17)20-5-1-2-6-21(20)35-26/h1-2,5-6,15-16,18,32H,3-4,7-14H2,(H,27,34). The number of nitrogens with zero attached hydrogens (tertiary/aromatic N) is 4. The van der Waals surface area contributed by atoms with Crippen LogP contribution in [-0.2, 0) is 0 Å². The van der Waals surface area contributed by atoms with Crippen molar-refractivity contribution in [1.82, 2.24) is 19.6 Å². The van der Waals surface area contributed by atoms with Crippen molar-refractivity contribution in [3.63, 3.8) is 0 Å². The number of nitrogens with one attached hydrogen (secondary N) is 1. The molecule has 4 aromatic rings. The van der Waals surface area contributed by atoms with Gasteiger partial charge in [0.1, 0.15) is 16.0 Å². The Bertz CT molecular complexity index is 1460. The second-order valence-corrected chi connectivity index (χ2v) is 10.5. The average Bonchev–Trinajstić information content (AvgIpc) is 3.52. The number of amides is 1. The third-order valence-electron chi connectivity index (χ3n) is 7.23. The fraction of sp³-hybridized carbons (Fsp3) is 0.423. The summed E-state index contributed by atoms with van der Waals surface area (Å²) in [5.74, 6) is -0.327. The van der Waals surface area contributed by atoms with E-state index in [1.807, 2.05) is 34.7 Å². The number of pyridine rings is 2. The van der Waals surface area contributed by atoms with Crippen LogP contribution in [0.25, 0.3) is 26.1 Å². The van der Waals surface area contributed by atoms with Crippen molar-refractivity contribution in [2.45, 2.75) is 31.8 Å². The van der Waals surface area contributed by atoms with Gasteiger partial charge in [-0.2, -0.15) is 0 Å². The lowest BCUT2D eigenvalue weighted by Crippen LogP contribution is -2.36. The van der Waals surface area contributed by atoms with Crippen molar-refractivity contribution in [2.24, 2.45) is 0 Å². The number of piperidine rings is 1. The molecule has 0 bridgehead atoms. The Morgan fingerprint density at radius 3 is 2.71 bits per heavy atom. The highest BCUT2D eigenvalue weighted by Gasteiger charge is 2.24. The van der Waals surface area contributed by atoms with E-state index in [4.69, 9.17) is 4.98 Å². The molecule has 182 valence electrons. The summed E-state index contributed by atoms with van der Waals surface area (Å²) in [5.41, 5.74) is 2.26. The molecule has 2 aliphatic rings. The molecule has 2 aliphatic heterocycles. The molecular formula is C26H29N5O3S. The van der Waals surface area contributed by atoms with E-state index < -0.39 is 0 Å². The maximum absolute atomic E-state index is 13.8. The Balaban J connectivity index is 1.46. The van der Waals surface area contributed by atoms with E-state index in [1.54, 1.807) is 6.20 Å². The molecule has 0 atom stereocenters. The van der Waals surface area contributed by atoms with Gasteiger partial charge in [0.05, 0.1) is 33.6 Å². The number of aromatic nitrogens is 2. The molecule has 2 N–H and O–H groups in total. The number of benzene rings is 1. The van der Waals surface area contributed by atoms with Gasteiger partial charge >= 0.3 is 0 Å². The van der Waals surface area contributed by atoms with E-state index in [9.17, 15) is 14.7 Å².